The predicted molar refractivity (Wildman–Crippen MR) is 79.7 cm³/mol. The van der Waals surface area contributed by atoms with Gasteiger partial charge in [-0.1, -0.05) is 32.1 Å². The van der Waals surface area contributed by atoms with Crippen LogP contribution >= 0.6 is 0 Å². The summed E-state index contributed by atoms with van der Waals surface area (Å²) in [5, 5.41) is 12.4. The number of carboxylic acid groups (broad SMARTS) is 1. The molecule has 1 aromatic carbocycles. The molecule has 4 nitrogen and oxygen atoms in total. The van der Waals surface area contributed by atoms with Crippen molar-refractivity contribution in [1.82, 2.24) is 5.32 Å². The number of carboxylic acids is 1. The Morgan fingerprint density at radius 1 is 1.40 bits per heavy atom. The van der Waals surface area contributed by atoms with Gasteiger partial charge in [0.15, 0.2) is 0 Å². The molecular weight excluding hydrogens is 254 g/mol. The highest BCUT2D eigenvalue weighted by Gasteiger charge is 2.34. The molecule has 0 radical (unpaired) electrons. The Hall–Kier alpha value is -1.97. The standard InChI is InChI=1S/C16H23NO3/c1-5-10-16(4,15(18)19)20-14-8-6-13(7-9-14)11-17-12(2)3/h6-9,17H,2,5,10-11H2,1,3-4H3,(H,18,19). The zero-order valence-electron chi connectivity index (χ0n) is 12.4. The van der Waals surface area contributed by atoms with Crippen molar-refractivity contribution in [3.8, 4) is 5.75 Å². The number of aliphatic carboxylic acids is 1. The van der Waals surface area contributed by atoms with Crippen molar-refractivity contribution in [2.75, 3.05) is 0 Å². The molecule has 0 amide bonds. The molecule has 0 saturated carbocycles. The van der Waals surface area contributed by atoms with Crippen molar-refractivity contribution in [3.63, 3.8) is 0 Å². The van der Waals surface area contributed by atoms with Gasteiger partial charge in [0.1, 0.15) is 5.75 Å². The molecule has 2 N–H and O–H groups in total. The minimum absolute atomic E-state index is 0.474. The van der Waals surface area contributed by atoms with Crippen LogP contribution in [-0.4, -0.2) is 16.7 Å². The van der Waals surface area contributed by atoms with Crippen LogP contribution in [0, 0.1) is 0 Å². The summed E-state index contributed by atoms with van der Waals surface area (Å²) in [5.74, 6) is -0.366. The summed E-state index contributed by atoms with van der Waals surface area (Å²) < 4.78 is 5.65. The molecule has 1 rings (SSSR count). The van der Waals surface area contributed by atoms with Crippen LogP contribution in [0.3, 0.4) is 0 Å². The molecule has 0 aliphatic rings. The lowest BCUT2D eigenvalue weighted by Gasteiger charge is -2.26. The minimum Gasteiger partial charge on any atom is -0.478 e. The zero-order valence-corrected chi connectivity index (χ0v) is 12.4. The molecular formula is C16H23NO3. The molecule has 0 spiro atoms. The highest BCUT2D eigenvalue weighted by molar-refractivity contribution is 5.77. The molecule has 0 bridgehead atoms. The number of carbonyl (C=O) groups is 1. The van der Waals surface area contributed by atoms with Gasteiger partial charge in [0.05, 0.1) is 0 Å². The van der Waals surface area contributed by atoms with E-state index in [9.17, 15) is 9.90 Å². The van der Waals surface area contributed by atoms with E-state index in [2.05, 4.69) is 11.9 Å². The van der Waals surface area contributed by atoms with Crippen LogP contribution in [0.1, 0.15) is 39.2 Å². The number of benzene rings is 1. The number of hydrogen-bond donors (Lipinski definition) is 2. The summed E-state index contributed by atoms with van der Waals surface area (Å²) in [6, 6.07) is 7.43. The summed E-state index contributed by atoms with van der Waals surface area (Å²) >= 11 is 0. The second kappa shape index (κ2) is 6.98. The van der Waals surface area contributed by atoms with E-state index in [1.165, 1.54) is 0 Å². The zero-order chi connectivity index (χ0) is 15.2. The Morgan fingerprint density at radius 2 is 2.00 bits per heavy atom. The fourth-order valence-electron chi connectivity index (χ4n) is 1.87. The van der Waals surface area contributed by atoms with Crippen molar-refractivity contribution in [2.45, 2.75) is 45.8 Å². The van der Waals surface area contributed by atoms with Gasteiger partial charge in [0, 0.05) is 12.2 Å². The third kappa shape index (κ3) is 4.61. The monoisotopic (exact) mass is 277 g/mol. The topological polar surface area (TPSA) is 58.6 Å². The molecule has 1 atom stereocenters. The lowest BCUT2D eigenvalue weighted by Crippen LogP contribution is -2.41. The Labute approximate surface area is 120 Å². The number of hydrogen-bond acceptors (Lipinski definition) is 3. The average molecular weight is 277 g/mol. The molecule has 0 aliphatic carbocycles. The number of nitrogens with one attached hydrogen (secondary N) is 1. The van der Waals surface area contributed by atoms with Crippen LogP contribution in [0.25, 0.3) is 0 Å². The first kappa shape index (κ1) is 16.1. The summed E-state index contributed by atoms with van der Waals surface area (Å²) in [7, 11) is 0. The Bertz CT molecular complexity index is 467. The number of ether oxygens (including phenoxy) is 1. The maximum absolute atomic E-state index is 11.3. The van der Waals surface area contributed by atoms with Gasteiger partial charge >= 0.3 is 5.97 Å². The number of rotatable bonds is 8. The molecule has 20 heavy (non-hydrogen) atoms. The van der Waals surface area contributed by atoms with E-state index in [1.54, 1.807) is 19.1 Å². The van der Waals surface area contributed by atoms with Crippen LogP contribution in [0.15, 0.2) is 36.5 Å². The SMILES string of the molecule is C=C(C)NCc1ccc(OC(C)(CCC)C(=O)O)cc1. The summed E-state index contributed by atoms with van der Waals surface area (Å²) in [6.45, 7) is 9.92. The van der Waals surface area contributed by atoms with Crippen molar-refractivity contribution in [3.05, 3.63) is 42.1 Å². The van der Waals surface area contributed by atoms with Crippen LogP contribution < -0.4 is 10.1 Å². The quantitative estimate of drug-likeness (QED) is 0.765. The summed E-state index contributed by atoms with van der Waals surface area (Å²) in [6.07, 6.45) is 1.23. The highest BCUT2D eigenvalue weighted by atomic mass is 16.5. The third-order valence-corrected chi connectivity index (χ3v) is 3.04. The number of allylic oxidation sites excluding steroid dienone is 1. The van der Waals surface area contributed by atoms with Gasteiger partial charge in [-0.05, 0) is 38.0 Å². The van der Waals surface area contributed by atoms with Crippen LogP contribution in [-0.2, 0) is 11.3 Å². The van der Waals surface area contributed by atoms with Gasteiger partial charge in [0.25, 0.3) is 0 Å². The Kier molecular flexibility index (Phi) is 5.62. The fourth-order valence-corrected chi connectivity index (χ4v) is 1.87. The van der Waals surface area contributed by atoms with Crippen LogP contribution in [0.2, 0.25) is 0 Å². The lowest BCUT2D eigenvalue weighted by atomic mass is 10.0. The van der Waals surface area contributed by atoms with Gasteiger partial charge in [-0.2, -0.15) is 0 Å². The van der Waals surface area contributed by atoms with E-state index in [4.69, 9.17) is 4.74 Å². The minimum atomic E-state index is -1.17. The molecule has 0 fully saturated rings. The van der Waals surface area contributed by atoms with E-state index < -0.39 is 11.6 Å². The van der Waals surface area contributed by atoms with Crippen molar-refractivity contribution in [2.24, 2.45) is 0 Å². The molecule has 110 valence electrons. The second-order valence-electron chi connectivity index (χ2n) is 5.17. The van der Waals surface area contributed by atoms with E-state index in [0.29, 0.717) is 18.7 Å². The first-order valence-corrected chi connectivity index (χ1v) is 6.78. The largest absolute Gasteiger partial charge is 0.478 e. The van der Waals surface area contributed by atoms with E-state index in [-0.39, 0.29) is 0 Å². The predicted octanol–water partition coefficient (Wildman–Crippen LogP) is 3.33. The molecule has 0 saturated heterocycles. The van der Waals surface area contributed by atoms with Crippen LogP contribution in [0.4, 0.5) is 0 Å². The van der Waals surface area contributed by atoms with Crippen molar-refractivity contribution in [1.29, 1.82) is 0 Å². The van der Waals surface area contributed by atoms with Crippen LogP contribution in [0.5, 0.6) is 5.75 Å². The molecule has 1 aromatic rings. The molecule has 4 heteroatoms. The molecule has 0 aromatic heterocycles. The van der Waals surface area contributed by atoms with E-state index in [1.807, 2.05) is 26.0 Å². The van der Waals surface area contributed by atoms with Gasteiger partial charge in [0.2, 0.25) is 5.60 Å². The normalized spacial score (nSPS) is 13.3. The molecule has 0 aliphatic heterocycles. The molecule has 1 unspecified atom stereocenters. The van der Waals surface area contributed by atoms with Gasteiger partial charge in [-0.25, -0.2) is 4.79 Å². The highest BCUT2D eigenvalue weighted by Crippen LogP contribution is 2.23. The summed E-state index contributed by atoms with van der Waals surface area (Å²) in [4.78, 5) is 11.3. The lowest BCUT2D eigenvalue weighted by molar-refractivity contribution is -0.154. The first-order chi connectivity index (χ1) is 9.37. The maximum atomic E-state index is 11.3. The first-order valence-electron chi connectivity index (χ1n) is 6.78. The van der Waals surface area contributed by atoms with Gasteiger partial charge in [-0.15, -0.1) is 0 Å². The van der Waals surface area contributed by atoms with Crippen molar-refractivity contribution < 1.29 is 14.6 Å². The maximum Gasteiger partial charge on any atom is 0.347 e. The smallest absolute Gasteiger partial charge is 0.347 e. The summed E-state index contributed by atoms with van der Waals surface area (Å²) in [5.41, 5.74) is 0.825. The third-order valence-electron chi connectivity index (χ3n) is 3.04. The van der Waals surface area contributed by atoms with E-state index >= 15 is 0 Å². The van der Waals surface area contributed by atoms with Crippen molar-refractivity contribution >= 4 is 5.97 Å². The average Bonchev–Trinajstić information content (AvgIpc) is 2.38. The van der Waals surface area contributed by atoms with E-state index in [0.717, 1.165) is 17.7 Å². The van der Waals surface area contributed by atoms with Gasteiger partial charge < -0.3 is 15.2 Å². The fraction of sp³-hybridized carbons (Fsp3) is 0.438. The molecule has 0 heterocycles. The Balaban J connectivity index is 2.73. The Morgan fingerprint density at radius 3 is 2.45 bits per heavy atom. The van der Waals surface area contributed by atoms with Gasteiger partial charge in [-0.3, -0.25) is 0 Å². The second-order valence-corrected chi connectivity index (χ2v) is 5.17.